The first-order valence-electron chi connectivity index (χ1n) is 9.49. The van der Waals surface area contributed by atoms with Crippen LogP contribution in [0.15, 0.2) is 80.1 Å². The normalized spacial score (nSPS) is 16.2. The van der Waals surface area contributed by atoms with Crippen LogP contribution in [-0.2, 0) is 9.53 Å². The Morgan fingerprint density at radius 2 is 2.00 bits per heavy atom. The number of thiazole rings is 1. The summed E-state index contributed by atoms with van der Waals surface area (Å²) in [7, 11) is 0. The number of fused-ring (bicyclic) bond motifs is 1. The van der Waals surface area contributed by atoms with E-state index in [1.807, 2.05) is 60.7 Å². The van der Waals surface area contributed by atoms with Crippen molar-refractivity contribution in [1.29, 1.82) is 0 Å². The Hall–Kier alpha value is -2.77. The zero-order valence-corrected chi connectivity index (χ0v) is 18.9. The molecule has 2 heterocycles. The second-order valence-electron chi connectivity index (χ2n) is 6.77. The molecule has 1 aliphatic rings. The third-order valence-corrected chi connectivity index (χ3v) is 6.25. The standard InChI is InChI=1S/C23H19BrN2O3S/c1-3-29-22(28)19-14(2)25-23-26(20(19)16-9-5-4-6-10-16)21(27)18(30-23)13-15-8-7-11-17(24)12-15/h4-13,20H,3H2,1-2H3/b18-13+/t20-/m0/s1. The van der Waals surface area contributed by atoms with Gasteiger partial charge in [0, 0.05) is 4.47 Å². The van der Waals surface area contributed by atoms with Gasteiger partial charge in [0.15, 0.2) is 4.80 Å². The number of benzene rings is 2. The van der Waals surface area contributed by atoms with Crippen molar-refractivity contribution >= 4 is 39.3 Å². The molecule has 1 atom stereocenters. The van der Waals surface area contributed by atoms with E-state index in [1.165, 1.54) is 11.3 Å². The molecule has 0 spiro atoms. The fourth-order valence-electron chi connectivity index (χ4n) is 3.49. The molecule has 1 aliphatic heterocycles. The average molecular weight is 483 g/mol. The summed E-state index contributed by atoms with van der Waals surface area (Å²) in [6, 6.07) is 16.7. The van der Waals surface area contributed by atoms with Crippen LogP contribution in [-0.4, -0.2) is 17.1 Å². The Kier molecular flexibility index (Phi) is 5.83. The molecule has 2 aromatic carbocycles. The van der Waals surface area contributed by atoms with Gasteiger partial charge in [-0.25, -0.2) is 9.79 Å². The minimum Gasteiger partial charge on any atom is -0.463 e. The predicted octanol–water partition coefficient (Wildman–Crippen LogP) is 3.56. The van der Waals surface area contributed by atoms with Crippen molar-refractivity contribution in [2.45, 2.75) is 19.9 Å². The molecule has 3 aromatic rings. The summed E-state index contributed by atoms with van der Waals surface area (Å²) in [4.78, 5) is 31.3. The van der Waals surface area contributed by atoms with E-state index >= 15 is 0 Å². The van der Waals surface area contributed by atoms with Gasteiger partial charge in [-0.2, -0.15) is 0 Å². The molecule has 4 rings (SSSR count). The SMILES string of the molecule is CCOC(=O)C1=C(C)N=c2s/c(=C/c3cccc(Br)c3)c(=O)n2[C@H]1c1ccccc1. The lowest BCUT2D eigenvalue weighted by Gasteiger charge is -2.24. The van der Waals surface area contributed by atoms with Crippen LogP contribution in [0.25, 0.3) is 6.08 Å². The summed E-state index contributed by atoms with van der Waals surface area (Å²) in [5, 5.41) is 0. The third kappa shape index (κ3) is 3.82. The van der Waals surface area contributed by atoms with Crippen LogP contribution in [0, 0.1) is 0 Å². The lowest BCUT2D eigenvalue weighted by molar-refractivity contribution is -0.139. The summed E-state index contributed by atoms with van der Waals surface area (Å²) in [5.74, 6) is -0.450. The summed E-state index contributed by atoms with van der Waals surface area (Å²) >= 11 is 4.78. The van der Waals surface area contributed by atoms with Gasteiger partial charge in [0.2, 0.25) is 0 Å². The number of hydrogen-bond acceptors (Lipinski definition) is 5. The second kappa shape index (κ2) is 8.53. The van der Waals surface area contributed by atoms with E-state index < -0.39 is 12.0 Å². The Bertz CT molecular complexity index is 1320. The summed E-state index contributed by atoms with van der Waals surface area (Å²) < 4.78 is 8.39. The maximum absolute atomic E-state index is 13.4. The summed E-state index contributed by atoms with van der Waals surface area (Å²) in [6.07, 6.45) is 1.85. The highest BCUT2D eigenvalue weighted by Gasteiger charge is 2.33. The monoisotopic (exact) mass is 482 g/mol. The number of rotatable bonds is 4. The lowest BCUT2D eigenvalue weighted by atomic mass is 9.96. The molecule has 0 amide bonds. The van der Waals surface area contributed by atoms with E-state index in [9.17, 15) is 9.59 Å². The highest BCUT2D eigenvalue weighted by molar-refractivity contribution is 9.10. The molecular formula is C23H19BrN2O3S. The second-order valence-corrected chi connectivity index (χ2v) is 8.69. The van der Waals surface area contributed by atoms with Crippen LogP contribution in [0.3, 0.4) is 0 Å². The summed E-state index contributed by atoms with van der Waals surface area (Å²) in [6.45, 7) is 3.80. The van der Waals surface area contributed by atoms with E-state index in [2.05, 4.69) is 20.9 Å². The highest BCUT2D eigenvalue weighted by atomic mass is 79.9. The largest absolute Gasteiger partial charge is 0.463 e. The van der Waals surface area contributed by atoms with Crippen molar-refractivity contribution in [3.63, 3.8) is 0 Å². The van der Waals surface area contributed by atoms with Crippen molar-refractivity contribution in [3.05, 3.63) is 101 Å². The van der Waals surface area contributed by atoms with Crippen LogP contribution < -0.4 is 14.9 Å². The molecule has 0 aliphatic carbocycles. The number of esters is 1. The number of hydrogen-bond donors (Lipinski definition) is 0. The zero-order chi connectivity index (χ0) is 21.3. The topological polar surface area (TPSA) is 60.7 Å². The predicted molar refractivity (Wildman–Crippen MR) is 121 cm³/mol. The van der Waals surface area contributed by atoms with E-state index in [-0.39, 0.29) is 12.2 Å². The van der Waals surface area contributed by atoms with Gasteiger partial charge in [0.1, 0.15) is 0 Å². The Balaban J connectivity index is 1.96. The van der Waals surface area contributed by atoms with Gasteiger partial charge in [-0.3, -0.25) is 9.36 Å². The van der Waals surface area contributed by atoms with E-state index in [0.717, 1.165) is 15.6 Å². The van der Waals surface area contributed by atoms with E-state index in [1.54, 1.807) is 18.4 Å². The Morgan fingerprint density at radius 1 is 1.23 bits per heavy atom. The van der Waals surface area contributed by atoms with Gasteiger partial charge in [-0.1, -0.05) is 69.7 Å². The fourth-order valence-corrected chi connectivity index (χ4v) is 4.95. The van der Waals surface area contributed by atoms with Crippen molar-refractivity contribution < 1.29 is 9.53 Å². The molecule has 152 valence electrons. The first-order chi connectivity index (χ1) is 14.5. The third-order valence-electron chi connectivity index (χ3n) is 4.78. The smallest absolute Gasteiger partial charge is 0.338 e. The molecule has 0 saturated heterocycles. The first kappa shape index (κ1) is 20.5. The van der Waals surface area contributed by atoms with Crippen LogP contribution in [0.5, 0.6) is 0 Å². The molecule has 0 fully saturated rings. The Labute approximate surface area is 185 Å². The maximum Gasteiger partial charge on any atom is 0.338 e. The Morgan fingerprint density at radius 3 is 2.70 bits per heavy atom. The molecule has 1 aromatic heterocycles. The van der Waals surface area contributed by atoms with E-state index in [0.29, 0.717) is 20.6 Å². The van der Waals surface area contributed by atoms with Gasteiger partial charge in [-0.05, 0) is 43.2 Å². The van der Waals surface area contributed by atoms with Crippen molar-refractivity contribution in [3.8, 4) is 0 Å². The molecule has 0 radical (unpaired) electrons. The number of allylic oxidation sites excluding steroid dienone is 1. The number of carbonyl (C=O) groups is 1. The minimum atomic E-state index is -0.578. The zero-order valence-electron chi connectivity index (χ0n) is 16.5. The number of nitrogens with zero attached hydrogens (tertiary/aromatic N) is 2. The fraction of sp³-hybridized carbons (Fsp3) is 0.174. The molecule has 0 bridgehead atoms. The van der Waals surface area contributed by atoms with Crippen LogP contribution in [0.2, 0.25) is 0 Å². The molecule has 0 saturated carbocycles. The highest BCUT2D eigenvalue weighted by Crippen LogP contribution is 2.30. The van der Waals surface area contributed by atoms with Gasteiger partial charge in [0.05, 0.1) is 28.5 Å². The van der Waals surface area contributed by atoms with Crippen molar-refractivity contribution in [1.82, 2.24) is 4.57 Å². The van der Waals surface area contributed by atoms with Crippen LogP contribution >= 0.6 is 27.3 Å². The average Bonchev–Trinajstić information content (AvgIpc) is 3.02. The molecule has 5 nitrogen and oxygen atoms in total. The number of carbonyl (C=O) groups excluding carboxylic acids is 1. The quantitative estimate of drug-likeness (QED) is 0.534. The number of aromatic nitrogens is 1. The van der Waals surface area contributed by atoms with Crippen LogP contribution in [0.4, 0.5) is 0 Å². The molecule has 0 N–H and O–H groups in total. The van der Waals surface area contributed by atoms with Crippen molar-refractivity contribution in [2.24, 2.45) is 4.99 Å². The summed E-state index contributed by atoms with van der Waals surface area (Å²) in [5.41, 5.74) is 2.53. The van der Waals surface area contributed by atoms with E-state index in [4.69, 9.17) is 4.74 Å². The van der Waals surface area contributed by atoms with Crippen LogP contribution in [0.1, 0.15) is 31.0 Å². The number of ether oxygens (including phenoxy) is 1. The molecular weight excluding hydrogens is 464 g/mol. The number of halogens is 1. The maximum atomic E-state index is 13.4. The molecule has 7 heteroatoms. The van der Waals surface area contributed by atoms with Crippen molar-refractivity contribution in [2.75, 3.05) is 6.61 Å². The van der Waals surface area contributed by atoms with Gasteiger partial charge in [-0.15, -0.1) is 0 Å². The molecule has 30 heavy (non-hydrogen) atoms. The minimum absolute atomic E-state index is 0.179. The van der Waals surface area contributed by atoms with Gasteiger partial charge >= 0.3 is 5.97 Å². The van der Waals surface area contributed by atoms with Gasteiger partial charge in [0.25, 0.3) is 5.56 Å². The van der Waals surface area contributed by atoms with Gasteiger partial charge < -0.3 is 4.74 Å². The molecule has 0 unspecified atom stereocenters. The first-order valence-corrected chi connectivity index (χ1v) is 11.1. The lowest BCUT2D eigenvalue weighted by Crippen LogP contribution is -2.39.